The van der Waals surface area contributed by atoms with Crippen LogP contribution >= 0.6 is 11.3 Å². The molecule has 0 saturated carbocycles. The van der Waals surface area contributed by atoms with E-state index in [1.54, 1.807) is 17.4 Å². The lowest BCUT2D eigenvalue weighted by atomic mass is 10.2. The number of hydrogen-bond donors (Lipinski definition) is 1. The van der Waals surface area contributed by atoms with E-state index in [4.69, 9.17) is 4.74 Å². The Morgan fingerprint density at radius 3 is 2.62 bits per heavy atom. The third-order valence-electron chi connectivity index (χ3n) is 3.55. The third-order valence-corrected chi connectivity index (χ3v) is 4.64. The molecule has 26 heavy (non-hydrogen) atoms. The highest BCUT2D eigenvalue weighted by atomic mass is 32.1. The maximum Gasteiger partial charge on any atom is 0.354 e. The van der Waals surface area contributed by atoms with Crippen LogP contribution in [0.5, 0.6) is 0 Å². The molecule has 7 heteroatoms. The summed E-state index contributed by atoms with van der Waals surface area (Å²) in [4.78, 5) is 28.0. The van der Waals surface area contributed by atoms with E-state index in [9.17, 15) is 9.59 Å². The molecule has 0 saturated heterocycles. The lowest BCUT2D eigenvalue weighted by Crippen LogP contribution is -2.15. The van der Waals surface area contributed by atoms with Crippen molar-refractivity contribution in [2.75, 3.05) is 19.5 Å². The van der Waals surface area contributed by atoms with Crippen LogP contribution in [0.25, 0.3) is 20.8 Å². The molecule has 0 atom stereocenters. The zero-order valence-corrected chi connectivity index (χ0v) is 15.0. The number of nitrogens with one attached hydrogen (secondary N) is 1. The monoisotopic (exact) mass is 368 g/mol. The van der Waals surface area contributed by atoms with Gasteiger partial charge in [-0.2, -0.15) is 0 Å². The molecule has 6 nitrogen and oxygen atoms in total. The molecular weight excluding hydrogens is 352 g/mol. The third kappa shape index (κ3) is 3.89. The molecule has 0 aliphatic heterocycles. The van der Waals surface area contributed by atoms with Gasteiger partial charge in [0.05, 0.1) is 30.5 Å². The highest BCUT2D eigenvalue weighted by Crippen LogP contribution is 2.31. The van der Waals surface area contributed by atoms with Crippen LogP contribution in [0.15, 0.2) is 60.3 Å². The van der Waals surface area contributed by atoms with Gasteiger partial charge in [-0.3, -0.25) is 0 Å². The number of methoxy groups -OCH3 is 2. The van der Waals surface area contributed by atoms with Gasteiger partial charge in [0.15, 0.2) is 0 Å². The van der Waals surface area contributed by atoms with Crippen LogP contribution in [0.3, 0.4) is 0 Å². The van der Waals surface area contributed by atoms with E-state index in [2.05, 4.69) is 15.0 Å². The summed E-state index contributed by atoms with van der Waals surface area (Å²) in [5.41, 5.74) is 2.45. The van der Waals surface area contributed by atoms with Gasteiger partial charge in [0.2, 0.25) is 0 Å². The van der Waals surface area contributed by atoms with Crippen LogP contribution < -0.4 is 5.32 Å². The Morgan fingerprint density at radius 2 is 1.88 bits per heavy atom. The van der Waals surface area contributed by atoms with E-state index >= 15 is 0 Å². The molecule has 1 N–H and O–H groups in total. The largest absolute Gasteiger partial charge is 0.466 e. The summed E-state index contributed by atoms with van der Waals surface area (Å²) in [6.45, 7) is 0. The Bertz CT molecular complexity index is 961. The molecule has 0 bridgehead atoms. The number of hydrogen-bond acceptors (Lipinski definition) is 7. The molecule has 0 amide bonds. The molecule has 1 heterocycles. The van der Waals surface area contributed by atoms with Gasteiger partial charge in [-0.25, -0.2) is 14.6 Å². The molecule has 0 aliphatic carbocycles. The van der Waals surface area contributed by atoms with E-state index in [0.29, 0.717) is 5.69 Å². The quantitative estimate of drug-likeness (QED) is 0.548. The fourth-order valence-electron chi connectivity index (χ4n) is 2.31. The van der Waals surface area contributed by atoms with Crippen molar-refractivity contribution < 1.29 is 19.1 Å². The van der Waals surface area contributed by atoms with Gasteiger partial charge >= 0.3 is 11.9 Å². The minimum atomic E-state index is -0.666. The molecular formula is C19H16N2O4S. The number of nitrogens with zero attached hydrogens (tertiary/aromatic N) is 1. The fourth-order valence-corrected chi connectivity index (χ4v) is 3.28. The normalized spacial score (nSPS) is 11.2. The van der Waals surface area contributed by atoms with E-state index in [1.165, 1.54) is 14.2 Å². The Balaban J connectivity index is 1.91. The summed E-state index contributed by atoms with van der Waals surface area (Å²) in [6, 6.07) is 15.3. The number of esters is 2. The zero-order chi connectivity index (χ0) is 18.5. The van der Waals surface area contributed by atoms with Gasteiger partial charge in [-0.15, -0.1) is 11.3 Å². The van der Waals surface area contributed by atoms with Crippen molar-refractivity contribution in [3.63, 3.8) is 0 Å². The van der Waals surface area contributed by atoms with Crippen molar-refractivity contribution in [3.8, 4) is 10.6 Å². The number of ether oxygens (including phenoxy) is 2. The number of fused-ring (bicyclic) bond motifs is 1. The van der Waals surface area contributed by atoms with Crippen LogP contribution in [0, 0.1) is 0 Å². The molecule has 1 aromatic heterocycles. The molecule has 0 fully saturated rings. The van der Waals surface area contributed by atoms with Gasteiger partial charge in [-0.05, 0) is 24.3 Å². The Kier molecular flexibility index (Phi) is 5.28. The number of carbonyl (C=O) groups excluding carboxylic acids is 2. The molecule has 0 spiro atoms. The predicted octanol–water partition coefficient (Wildman–Crippen LogP) is 3.61. The second-order valence-electron chi connectivity index (χ2n) is 5.27. The number of para-hydroxylation sites is 1. The number of rotatable bonds is 5. The van der Waals surface area contributed by atoms with Crippen molar-refractivity contribution in [1.29, 1.82) is 0 Å². The van der Waals surface area contributed by atoms with Crippen molar-refractivity contribution in [2.24, 2.45) is 0 Å². The number of carbonyl (C=O) groups is 2. The average Bonchev–Trinajstić information content (AvgIpc) is 3.11. The Morgan fingerprint density at radius 1 is 1.08 bits per heavy atom. The summed E-state index contributed by atoms with van der Waals surface area (Å²) in [7, 11) is 2.48. The topological polar surface area (TPSA) is 77.5 Å². The second-order valence-corrected chi connectivity index (χ2v) is 6.30. The summed E-state index contributed by atoms with van der Waals surface area (Å²) in [5.74, 6) is -1.32. The maximum absolute atomic E-state index is 11.9. The number of aromatic nitrogens is 1. The summed E-state index contributed by atoms with van der Waals surface area (Å²) in [6.07, 6.45) is 1.05. The molecule has 0 aliphatic rings. The molecule has 0 radical (unpaired) electrons. The zero-order valence-electron chi connectivity index (χ0n) is 14.2. The van der Waals surface area contributed by atoms with Crippen LogP contribution in [0.1, 0.15) is 0 Å². The van der Waals surface area contributed by atoms with Crippen LogP contribution in [0.2, 0.25) is 0 Å². The van der Waals surface area contributed by atoms with E-state index in [1.807, 2.05) is 42.5 Å². The number of thiazole rings is 1. The molecule has 3 rings (SSSR count). The first kappa shape index (κ1) is 17.6. The minimum absolute atomic E-state index is 0.0131. The lowest BCUT2D eigenvalue weighted by molar-refractivity contribution is -0.138. The van der Waals surface area contributed by atoms with Crippen molar-refractivity contribution >= 4 is 39.2 Å². The van der Waals surface area contributed by atoms with Crippen LogP contribution in [0.4, 0.5) is 5.69 Å². The van der Waals surface area contributed by atoms with Gasteiger partial charge < -0.3 is 14.8 Å². The fraction of sp³-hybridized carbons (Fsp3) is 0.105. The van der Waals surface area contributed by atoms with Crippen molar-refractivity contribution in [2.45, 2.75) is 0 Å². The smallest absolute Gasteiger partial charge is 0.354 e. The first-order valence-corrected chi connectivity index (χ1v) is 8.53. The first-order chi connectivity index (χ1) is 12.6. The average molecular weight is 368 g/mol. The van der Waals surface area contributed by atoms with E-state index in [-0.39, 0.29) is 5.70 Å². The Labute approximate surface area is 154 Å². The predicted molar refractivity (Wildman–Crippen MR) is 101 cm³/mol. The summed E-state index contributed by atoms with van der Waals surface area (Å²) in [5, 5.41) is 3.77. The van der Waals surface area contributed by atoms with Gasteiger partial charge in [0.1, 0.15) is 10.7 Å². The van der Waals surface area contributed by atoms with Gasteiger partial charge in [0.25, 0.3) is 0 Å². The highest BCUT2D eigenvalue weighted by molar-refractivity contribution is 7.21. The van der Waals surface area contributed by atoms with E-state index in [0.717, 1.165) is 26.9 Å². The van der Waals surface area contributed by atoms with E-state index < -0.39 is 11.9 Å². The summed E-state index contributed by atoms with van der Waals surface area (Å²) < 4.78 is 10.4. The SMILES string of the molecule is COC(=O)/C=C(/Nc1cccc(-c2nc3ccccc3s2)c1)C(=O)OC. The van der Waals surface area contributed by atoms with Crippen LogP contribution in [-0.4, -0.2) is 31.1 Å². The van der Waals surface area contributed by atoms with Gasteiger partial charge in [-0.1, -0.05) is 24.3 Å². The van der Waals surface area contributed by atoms with Gasteiger partial charge in [0, 0.05) is 11.3 Å². The standard InChI is InChI=1S/C19H16N2O4S/c1-24-17(22)11-15(19(23)25-2)20-13-7-5-6-12(10-13)18-21-14-8-3-4-9-16(14)26-18/h3-11,20H,1-2H3/b15-11+. The minimum Gasteiger partial charge on any atom is -0.466 e. The maximum atomic E-state index is 11.9. The second kappa shape index (κ2) is 7.79. The molecule has 3 aromatic rings. The Hall–Kier alpha value is -3.19. The number of anilines is 1. The highest BCUT2D eigenvalue weighted by Gasteiger charge is 2.13. The lowest BCUT2D eigenvalue weighted by Gasteiger charge is -2.09. The molecule has 132 valence electrons. The molecule has 0 unspecified atom stereocenters. The molecule has 2 aromatic carbocycles. The summed E-state index contributed by atoms with van der Waals surface area (Å²) >= 11 is 1.58. The number of benzene rings is 2. The first-order valence-electron chi connectivity index (χ1n) is 7.71. The van der Waals surface area contributed by atoms with Crippen molar-refractivity contribution in [3.05, 3.63) is 60.3 Å². The van der Waals surface area contributed by atoms with Crippen molar-refractivity contribution in [1.82, 2.24) is 4.98 Å². The van der Waals surface area contributed by atoms with Crippen LogP contribution in [-0.2, 0) is 19.1 Å².